The predicted octanol–water partition coefficient (Wildman–Crippen LogP) is 0.487. The van der Waals surface area contributed by atoms with Crippen LogP contribution < -0.4 is 5.73 Å². The second kappa shape index (κ2) is 5.39. The van der Waals surface area contributed by atoms with Gasteiger partial charge in [-0.2, -0.15) is 0 Å². The Labute approximate surface area is 96.4 Å². The number of nitrogens with zero attached hydrogens (tertiary/aromatic N) is 2. The van der Waals surface area contributed by atoms with Crippen LogP contribution in [0.5, 0.6) is 0 Å². The zero-order chi connectivity index (χ0) is 11.4. The molecule has 88 valence electrons. The zero-order valence-electron chi connectivity index (χ0n) is 9.67. The monoisotopic (exact) mass is 221 g/mol. The SMILES string of the molecule is CN(Cc1cccnc1)CC1COCC1N. The molecule has 16 heavy (non-hydrogen) atoms. The van der Waals surface area contributed by atoms with Crippen molar-refractivity contribution in [2.45, 2.75) is 12.6 Å². The molecular weight excluding hydrogens is 202 g/mol. The Balaban J connectivity index is 1.82. The molecule has 0 radical (unpaired) electrons. The largest absolute Gasteiger partial charge is 0.379 e. The molecule has 2 rings (SSSR count). The van der Waals surface area contributed by atoms with E-state index in [0.29, 0.717) is 12.5 Å². The van der Waals surface area contributed by atoms with Gasteiger partial charge in [-0.1, -0.05) is 6.07 Å². The number of rotatable bonds is 4. The molecular formula is C12H19N3O. The minimum Gasteiger partial charge on any atom is -0.379 e. The van der Waals surface area contributed by atoms with Crippen molar-refractivity contribution in [3.63, 3.8) is 0 Å². The molecule has 0 spiro atoms. The van der Waals surface area contributed by atoms with Crippen molar-refractivity contribution in [1.82, 2.24) is 9.88 Å². The van der Waals surface area contributed by atoms with Crippen LogP contribution in [0.3, 0.4) is 0 Å². The third kappa shape index (κ3) is 3.01. The molecule has 2 heterocycles. The minimum absolute atomic E-state index is 0.191. The van der Waals surface area contributed by atoms with E-state index in [9.17, 15) is 0 Å². The lowest BCUT2D eigenvalue weighted by Crippen LogP contribution is -2.36. The van der Waals surface area contributed by atoms with Crippen LogP contribution >= 0.6 is 0 Å². The normalized spacial score (nSPS) is 25.2. The highest BCUT2D eigenvalue weighted by Gasteiger charge is 2.25. The fourth-order valence-corrected chi connectivity index (χ4v) is 2.07. The minimum atomic E-state index is 0.191. The van der Waals surface area contributed by atoms with Crippen LogP contribution in [-0.2, 0) is 11.3 Å². The van der Waals surface area contributed by atoms with E-state index in [0.717, 1.165) is 19.7 Å². The number of hydrogen-bond acceptors (Lipinski definition) is 4. The van der Waals surface area contributed by atoms with E-state index in [1.165, 1.54) is 5.56 Å². The van der Waals surface area contributed by atoms with Crippen molar-refractivity contribution in [3.05, 3.63) is 30.1 Å². The number of hydrogen-bond donors (Lipinski definition) is 1. The Morgan fingerprint density at radius 3 is 3.06 bits per heavy atom. The Kier molecular flexibility index (Phi) is 3.88. The summed E-state index contributed by atoms with van der Waals surface area (Å²) >= 11 is 0. The van der Waals surface area contributed by atoms with E-state index in [4.69, 9.17) is 10.5 Å². The topological polar surface area (TPSA) is 51.4 Å². The Hall–Kier alpha value is -0.970. The maximum atomic E-state index is 5.96. The van der Waals surface area contributed by atoms with Gasteiger partial charge in [0.2, 0.25) is 0 Å². The van der Waals surface area contributed by atoms with Crippen molar-refractivity contribution >= 4 is 0 Å². The zero-order valence-corrected chi connectivity index (χ0v) is 9.67. The van der Waals surface area contributed by atoms with Crippen LogP contribution in [0.2, 0.25) is 0 Å². The van der Waals surface area contributed by atoms with Crippen molar-refractivity contribution in [1.29, 1.82) is 0 Å². The first-order valence-corrected chi connectivity index (χ1v) is 5.66. The van der Waals surface area contributed by atoms with Crippen molar-refractivity contribution < 1.29 is 4.74 Å². The van der Waals surface area contributed by atoms with Gasteiger partial charge < -0.3 is 15.4 Å². The summed E-state index contributed by atoms with van der Waals surface area (Å²) in [7, 11) is 2.11. The summed E-state index contributed by atoms with van der Waals surface area (Å²) in [6.45, 7) is 3.39. The average molecular weight is 221 g/mol. The van der Waals surface area contributed by atoms with E-state index in [1.54, 1.807) is 6.20 Å². The van der Waals surface area contributed by atoms with Gasteiger partial charge in [0.15, 0.2) is 0 Å². The van der Waals surface area contributed by atoms with Gasteiger partial charge in [0.1, 0.15) is 0 Å². The van der Waals surface area contributed by atoms with Gasteiger partial charge in [-0.15, -0.1) is 0 Å². The summed E-state index contributed by atoms with van der Waals surface area (Å²) in [5.74, 6) is 0.460. The molecule has 1 aromatic rings. The summed E-state index contributed by atoms with van der Waals surface area (Å²) in [6, 6.07) is 4.25. The maximum Gasteiger partial charge on any atom is 0.0621 e. The lowest BCUT2D eigenvalue weighted by Gasteiger charge is -2.22. The van der Waals surface area contributed by atoms with Gasteiger partial charge in [0.05, 0.1) is 13.2 Å². The molecule has 1 saturated heterocycles. The molecule has 2 atom stereocenters. The summed E-state index contributed by atoms with van der Waals surface area (Å²) in [4.78, 5) is 6.38. The Morgan fingerprint density at radius 2 is 2.44 bits per heavy atom. The van der Waals surface area contributed by atoms with Crippen molar-refractivity contribution in [3.8, 4) is 0 Å². The Morgan fingerprint density at radius 1 is 1.56 bits per heavy atom. The van der Waals surface area contributed by atoms with E-state index >= 15 is 0 Å². The van der Waals surface area contributed by atoms with Crippen LogP contribution in [-0.4, -0.2) is 42.7 Å². The average Bonchev–Trinajstić information content (AvgIpc) is 2.66. The second-order valence-corrected chi connectivity index (χ2v) is 4.52. The van der Waals surface area contributed by atoms with Gasteiger partial charge in [0.25, 0.3) is 0 Å². The molecule has 1 fully saturated rings. The van der Waals surface area contributed by atoms with Gasteiger partial charge in [0, 0.05) is 37.4 Å². The standard InChI is InChI=1S/C12H19N3O/c1-15(6-10-3-2-4-14-5-10)7-11-8-16-9-12(11)13/h2-5,11-12H,6-9,13H2,1H3. The first kappa shape index (κ1) is 11.5. The molecule has 0 saturated carbocycles. The molecule has 1 aliphatic rings. The summed E-state index contributed by atoms with van der Waals surface area (Å²) in [5.41, 5.74) is 7.19. The highest BCUT2D eigenvalue weighted by Crippen LogP contribution is 2.13. The predicted molar refractivity (Wildman–Crippen MR) is 62.9 cm³/mol. The molecule has 0 bridgehead atoms. The summed E-state index contributed by atoms with van der Waals surface area (Å²) < 4.78 is 5.36. The molecule has 1 aliphatic heterocycles. The van der Waals surface area contributed by atoms with Crippen LogP contribution in [0.1, 0.15) is 5.56 Å². The molecule has 0 amide bonds. The van der Waals surface area contributed by atoms with E-state index in [2.05, 4.69) is 23.0 Å². The van der Waals surface area contributed by atoms with E-state index in [1.807, 2.05) is 12.3 Å². The summed E-state index contributed by atoms with van der Waals surface area (Å²) in [5, 5.41) is 0. The number of nitrogens with two attached hydrogens (primary N) is 1. The number of aromatic nitrogens is 1. The van der Waals surface area contributed by atoms with Gasteiger partial charge >= 0.3 is 0 Å². The lowest BCUT2D eigenvalue weighted by molar-refractivity contribution is 0.172. The van der Waals surface area contributed by atoms with Crippen molar-refractivity contribution in [2.75, 3.05) is 26.8 Å². The van der Waals surface area contributed by atoms with Gasteiger partial charge in [-0.25, -0.2) is 0 Å². The fraction of sp³-hybridized carbons (Fsp3) is 0.583. The molecule has 1 aromatic heterocycles. The third-order valence-corrected chi connectivity index (χ3v) is 2.97. The molecule has 4 nitrogen and oxygen atoms in total. The molecule has 0 aliphatic carbocycles. The molecule has 0 aromatic carbocycles. The van der Waals surface area contributed by atoms with Crippen molar-refractivity contribution in [2.24, 2.45) is 11.7 Å². The lowest BCUT2D eigenvalue weighted by atomic mass is 10.0. The first-order chi connectivity index (χ1) is 7.75. The smallest absolute Gasteiger partial charge is 0.0621 e. The van der Waals surface area contributed by atoms with Gasteiger partial charge in [-0.3, -0.25) is 4.98 Å². The maximum absolute atomic E-state index is 5.96. The molecule has 4 heteroatoms. The van der Waals surface area contributed by atoms with Crippen LogP contribution in [0.15, 0.2) is 24.5 Å². The van der Waals surface area contributed by atoms with Crippen LogP contribution in [0.4, 0.5) is 0 Å². The van der Waals surface area contributed by atoms with Gasteiger partial charge in [-0.05, 0) is 18.7 Å². The summed E-state index contributed by atoms with van der Waals surface area (Å²) in [6.07, 6.45) is 3.70. The van der Waals surface area contributed by atoms with Crippen LogP contribution in [0.25, 0.3) is 0 Å². The number of ether oxygens (including phenoxy) is 1. The second-order valence-electron chi connectivity index (χ2n) is 4.52. The van der Waals surface area contributed by atoms with Crippen LogP contribution in [0, 0.1) is 5.92 Å². The molecule has 2 unspecified atom stereocenters. The number of pyridine rings is 1. The van der Waals surface area contributed by atoms with E-state index in [-0.39, 0.29) is 6.04 Å². The molecule has 2 N–H and O–H groups in total. The fourth-order valence-electron chi connectivity index (χ4n) is 2.07. The highest BCUT2D eigenvalue weighted by molar-refractivity contribution is 5.07. The quantitative estimate of drug-likeness (QED) is 0.804. The first-order valence-electron chi connectivity index (χ1n) is 5.66. The Bertz CT molecular complexity index is 317. The van der Waals surface area contributed by atoms with E-state index < -0.39 is 0 Å². The highest BCUT2D eigenvalue weighted by atomic mass is 16.5. The third-order valence-electron chi connectivity index (χ3n) is 2.97.